The van der Waals surface area contributed by atoms with Gasteiger partial charge in [0.25, 0.3) is 0 Å². The first-order valence-corrected chi connectivity index (χ1v) is 7.62. The lowest BCUT2D eigenvalue weighted by atomic mass is 9.82. The number of nitrogens with one attached hydrogen (secondary N) is 1. The Balaban J connectivity index is 2.09. The molecule has 1 heterocycles. The van der Waals surface area contributed by atoms with Gasteiger partial charge in [0, 0.05) is 39.2 Å². The molecule has 0 amide bonds. The molecule has 1 fully saturated rings. The van der Waals surface area contributed by atoms with Crippen molar-refractivity contribution in [2.24, 2.45) is 0 Å². The van der Waals surface area contributed by atoms with Gasteiger partial charge in [0.1, 0.15) is 0 Å². The summed E-state index contributed by atoms with van der Waals surface area (Å²) in [6.45, 7) is 3.77. The van der Waals surface area contributed by atoms with Crippen LogP contribution in [-0.4, -0.2) is 39.0 Å². The molecule has 1 atom stereocenters. The molecule has 1 aliphatic heterocycles. The molecule has 0 saturated carbocycles. The SMILES string of the molecule is CCc1ccc(CC(NC)C2(OC)CCOCC2)cc1. The Morgan fingerprint density at radius 2 is 1.80 bits per heavy atom. The van der Waals surface area contributed by atoms with Gasteiger partial charge in [0.05, 0.1) is 5.60 Å². The minimum Gasteiger partial charge on any atom is -0.381 e. The molecule has 20 heavy (non-hydrogen) atoms. The van der Waals surface area contributed by atoms with Gasteiger partial charge in [-0.2, -0.15) is 0 Å². The van der Waals surface area contributed by atoms with Crippen molar-refractivity contribution in [3.05, 3.63) is 35.4 Å². The summed E-state index contributed by atoms with van der Waals surface area (Å²) in [5.41, 5.74) is 2.66. The largest absolute Gasteiger partial charge is 0.381 e. The standard InChI is InChI=1S/C17H27NO2/c1-4-14-5-7-15(8-6-14)13-16(18-2)17(19-3)9-11-20-12-10-17/h5-8,16,18H,4,9-13H2,1-3H3. The van der Waals surface area contributed by atoms with Gasteiger partial charge in [-0.25, -0.2) is 0 Å². The van der Waals surface area contributed by atoms with Crippen molar-refractivity contribution in [3.63, 3.8) is 0 Å². The average Bonchev–Trinajstić information content (AvgIpc) is 2.53. The number of rotatable bonds is 6. The van der Waals surface area contributed by atoms with Gasteiger partial charge >= 0.3 is 0 Å². The van der Waals surface area contributed by atoms with Crippen molar-refractivity contribution in [3.8, 4) is 0 Å². The van der Waals surface area contributed by atoms with E-state index in [4.69, 9.17) is 9.47 Å². The van der Waals surface area contributed by atoms with Crippen LogP contribution < -0.4 is 5.32 Å². The lowest BCUT2D eigenvalue weighted by Gasteiger charge is -2.42. The van der Waals surface area contributed by atoms with E-state index in [-0.39, 0.29) is 5.60 Å². The molecule has 112 valence electrons. The van der Waals surface area contributed by atoms with Gasteiger partial charge in [-0.3, -0.25) is 0 Å². The van der Waals surface area contributed by atoms with E-state index >= 15 is 0 Å². The number of hydrogen-bond acceptors (Lipinski definition) is 3. The monoisotopic (exact) mass is 277 g/mol. The predicted molar refractivity (Wildman–Crippen MR) is 82.2 cm³/mol. The third kappa shape index (κ3) is 3.40. The van der Waals surface area contributed by atoms with E-state index in [1.807, 2.05) is 14.2 Å². The molecular formula is C17H27NO2. The molecule has 1 saturated heterocycles. The Labute approximate surface area is 122 Å². The topological polar surface area (TPSA) is 30.5 Å². The van der Waals surface area contributed by atoms with Gasteiger partial charge in [-0.1, -0.05) is 31.2 Å². The van der Waals surface area contributed by atoms with Crippen LogP contribution in [0, 0.1) is 0 Å². The van der Waals surface area contributed by atoms with Crippen LogP contribution in [0.2, 0.25) is 0 Å². The Morgan fingerprint density at radius 1 is 1.20 bits per heavy atom. The first kappa shape index (κ1) is 15.5. The molecule has 0 radical (unpaired) electrons. The summed E-state index contributed by atoms with van der Waals surface area (Å²) < 4.78 is 11.4. The van der Waals surface area contributed by atoms with Crippen LogP contribution in [0.5, 0.6) is 0 Å². The highest BCUT2D eigenvalue weighted by Gasteiger charge is 2.39. The molecule has 3 nitrogen and oxygen atoms in total. The number of likely N-dealkylation sites (N-methyl/N-ethyl adjacent to an activating group) is 1. The lowest BCUT2D eigenvalue weighted by molar-refractivity contribution is -0.109. The zero-order chi connectivity index (χ0) is 14.4. The number of hydrogen-bond donors (Lipinski definition) is 1. The molecule has 0 spiro atoms. The van der Waals surface area contributed by atoms with Crippen molar-refractivity contribution >= 4 is 0 Å². The second-order valence-corrected chi connectivity index (χ2v) is 5.60. The maximum Gasteiger partial charge on any atom is 0.0877 e. The van der Waals surface area contributed by atoms with Crippen LogP contribution in [-0.2, 0) is 22.3 Å². The van der Waals surface area contributed by atoms with Gasteiger partial charge in [-0.05, 0) is 31.0 Å². The van der Waals surface area contributed by atoms with Gasteiger partial charge in [0.15, 0.2) is 0 Å². The average molecular weight is 277 g/mol. The third-order valence-electron chi connectivity index (χ3n) is 4.60. The zero-order valence-corrected chi connectivity index (χ0v) is 12.9. The van der Waals surface area contributed by atoms with Gasteiger partial charge in [-0.15, -0.1) is 0 Å². The minimum atomic E-state index is -0.101. The second-order valence-electron chi connectivity index (χ2n) is 5.60. The minimum absolute atomic E-state index is 0.101. The van der Waals surface area contributed by atoms with Crippen LogP contribution in [0.3, 0.4) is 0 Å². The number of ether oxygens (including phenoxy) is 2. The van der Waals surface area contributed by atoms with Crippen LogP contribution in [0.4, 0.5) is 0 Å². The van der Waals surface area contributed by atoms with E-state index in [0.29, 0.717) is 6.04 Å². The smallest absolute Gasteiger partial charge is 0.0877 e. The first-order valence-electron chi connectivity index (χ1n) is 7.62. The normalized spacial score (nSPS) is 19.8. The summed E-state index contributed by atoms with van der Waals surface area (Å²) in [4.78, 5) is 0. The molecule has 0 bridgehead atoms. The number of aryl methyl sites for hydroxylation is 1. The highest BCUT2D eigenvalue weighted by atomic mass is 16.5. The van der Waals surface area contributed by atoms with Gasteiger partial charge in [0.2, 0.25) is 0 Å². The fraction of sp³-hybridized carbons (Fsp3) is 0.647. The first-order chi connectivity index (χ1) is 9.74. The number of methoxy groups -OCH3 is 1. The van der Waals surface area contributed by atoms with Crippen LogP contribution in [0.25, 0.3) is 0 Å². The summed E-state index contributed by atoms with van der Waals surface area (Å²) in [7, 11) is 3.86. The van der Waals surface area contributed by atoms with Crippen LogP contribution in [0.1, 0.15) is 30.9 Å². The summed E-state index contributed by atoms with van der Waals surface area (Å²) in [5, 5.41) is 3.46. The fourth-order valence-electron chi connectivity index (χ4n) is 3.11. The highest BCUT2D eigenvalue weighted by Crippen LogP contribution is 2.30. The number of benzene rings is 1. The molecule has 1 aromatic rings. The summed E-state index contributed by atoms with van der Waals surface area (Å²) in [6, 6.07) is 9.26. The van der Waals surface area contributed by atoms with Crippen molar-refractivity contribution < 1.29 is 9.47 Å². The molecule has 1 unspecified atom stereocenters. The van der Waals surface area contributed by atoms with E-state index < -0.39 is 0 Å². The zero-order valence-electron chi connectivity index (χ0n) is 12.9. The maximum atomic E-state index is 5.91. The summed E-state index contributed by atoms with van der Waals surface area (Å²) in [6.07, 6.45) is 4.01. The second kappa shape index (κ2) is 7.21. The third-order valence-corrected chi connectivity index (χ3v) is 4.60. The van der Waals surface area contributed by atoms with E-state index in [2.05, 4.69) is 36.5 Å². The van der Waals surface area contributed by atoms with E-state index in [9.17, 15) is 0 Å². The fourth-order valence-corrected chi connectivity index (χ4v) is 3.11. The molecule has 2 rings (SSSR count). The maximum absolute atomic E-state index is 5.91. The molecule has 1 aromatic carbocycles. The Hall–Kier alpha value is -0.900. The Morgan fingerprint density at radius 3 is 2.30 bits per heavy atom. The van der Waals surface area contributed by atoms with Gasteiger partial charge < -0.3 is 14.8 Å². The Bertz CT molecular complexity index is 396. The Kier molecular flexibility index (Phi) is 5.58. The van der Waals surface area contributed by atoms with E-state index in [0.717, 1.165) is 38.9 Å². The van der Waals surface area contributed by atoms with Crippen LogP contribution in [0.15, 0.2) is 24.3 Å². The predicted octanol–water partition coefficient (Wildman–Crippen LogP) is 2.58. The summed E-state index contributed by atoms with van der Waals surface area (Å²) >= 11 is 0. The lowest BCUT2D eigenvalue weighted by Crippen LogP contribution is -2.55. The highest BCUT2D eigenvalue weighted by molar-refractivity contribution is 5.24. The van der Waals surface area contributed by atoms with Crippen molar-refractivity contribution in [2.45, 2.75) is 44.2 Å². The molecule has 1 aliphatic rings. The molecular weight excluding hydrogens is 250 g/mol. The summed E-state index contributed by atoms with van der Waals surface area (Å²) in [5.74, 6) is 0. The van der Waals surface area contributed by atoms with E-state index in [1.165, 1.54) is 11.1 Å². The van der Waals surface area contributed by atoms with Crippen LogP contribution >= 0.6 is 0 Å². The molecule has 3 heteroatoms. The van der Waals surface area contributed by atoms with Crippen molar-refractivity contribution in [2.75, 3.05) is 27.4 Å². The van der Waals surface area contributed by atoms with E-state index in [1.54, 1.807) is 0 Å². The quantitative estimate of drug-likeness (QED) is 0.867. The molecule has 0 aliphatic carbocycles. The molecule has 0 aromatic heterocycles. The van der Waals surface area contributed by atoms with Crippen molar-refractivity contribution in [1.82, 2.24) is 5.32 Å². The van der Waals surface area contributed by atoms with Crippen molar-refractivity contribution in [1.29, 1.82) is 0 Å². The molecule has 1 N–H and O–H groups in total.